The maximum absolute atomic E-state index is 15.1. The normalized spacial score (nSPS) is 26.4. The number of nitrogens with two attached hydrogens (primary N) is 6. The number of carbonyl (C=O) groups excluding carboxylic acids is 8. The lowest BCUT2D eigenvalue weighted by Crippen LogP contribution is -2.65. The maximum atomic E-state index is 15.1. The number of primary amides is 4. The number of ether oxygens (including phenoxy) is 5. The Balaban J connectivity index is 1.30. The van der Waals surface area contributed by atoms with Crippen LogP contribution in [0.15, 0.2) is 22.9 Å². The summed E-state index contributed by atoms with van der Waals surface area (Å²) in [6.45, 7) is 2.66. The van der Waals surface area contributed by atoms with Crippen LogP contribution in [-0.2, 0) is 47.7 Å². The van der Waals surface area contributed by atoms with Gasteiger partial charge < -0.3 is 131 Å². The van der Waals surface area contributed by atoms with Crippen molar-refractivity contribution >= 4 is 81.4 Å². The second kappa shape index (κ2) is 32.2. The van der Waals surface area contributed by atoms with Crippen molar-refractivity contribution in [3.05, 3.63) is 51.4 Å². The van der Waals surface area contributed by atoms with Crippen molar-refractivity contribution in [3.8, 4) is 0 Å². The molecule has 1 unspecified atom stereocenters. The smallest absolute Gasteiger partial charge is 0.404 e. The molecule has 3 aromatic heterocycles. The van der Waals surface area contributed by atoms with E-state index in [4.69, 9.17) is 58.1 Å². The summed E-state index contributed by atoms with van der Waals surface area (Å²) in [4.78, 5) is 129. The van der Waals surface area contributed by atoms with Gasteiger partial charge in [0.15, 0.2) is 18.7 Å². The van der Waals surface area contributed by atoms with E-state index < -0.39 is 189 Å². The molecule has 20 atom stereocenters. The van der Waals surface area contributed by atoms with E-state index in [9.17, 15) is 74.4 Å². The van der Waals surface area contributed by atoms with Gasteiger partial charge in [0.2, 0.25) is 29.5 Å². The predicted octanol–water partition coefficient (Wildman–Crippen LogP) is -8.69. The number of amides is 8. The zero-order valence-corrected chi connectivity index (χ0v) is 50.3. The Kier molecular flexibility index (Phi) is 25.7. The van der Waals surface area contributed by atoms with E-state index in [1.54, 1.807) is 0 Å². The Morgan fingerprint density at radius 1 is 0.833 bits per heavy atom. The molecule has 0 bridgehead atoms. The molecule has 3 aliphatic heterocycles. The first-order valence-electron chi connectivity index (χ1n) is 27.7. The van der Waals surface area contributed by atoms with Crippen LogP contribution in [0.5, 0.6) is 0 Å². The van der Waals surface area contributed by atoms with Crippen molar-refractivity contribution in [3.63, 3.8) is 0 Å². The minimum Gasteiger partial charge on any atom is -0.441 e. The van der Waals surface area contributed by atoms with E-state index in [1.165, 1.54) is 56.2 Å². The summed E-state index contributed by atoms with van der Waals surface area (Å²) in [5.41, 5.74) is 32.7. The lowest BCUT2D eigenvalue weighted by atomic mass is 9.96. The Hall–Kier alpha value is -7.26. The minimum absolute atomic E-state index is 0.0164. The number of nitrogen functional groups attached to an aromatic ring is 1. The monoisotopic (exact) mass is 1310 g/mol. The van der Waals surface area contributed by atoms with Crippen LogP contribution >= 0.6 is 23.1 Å². The van der Waals surface area contributed by atoms with Gasteiger partial charge in [0, 0.05) is 42.6 Å². The Bertz CT molecular complexity index is 3040. The number of nitrogens with zero attached hydrogens (tertiary/aromatic N) is 5. The molecule has 26 N–H and O–H groups in total. The molecule has 40 heteroatoms. The summed E-state index contributed by atoms with van der Waals surface area (Å²) >= 11 is 2.63. The third-order valence-electron chi connectivity index (χ3n) is 14.5. The van der Waals surface area contributed by atoms with Crippen LogP contribution in [0.3, 0.4) is 0 Å². The maximum Gasteiger partial charge on any atom is 0.404 e. The number of imidazole rings is 1. The third-order valence-corrected chi connectivity index (χ3v) is 16.6. The number of aromatic nitrogens is 5. The number of anilines is 1. The van der Waals surface area contributed by atoms with Crippen molar-refractivity contribution < 1.29 is 103 Å². The van der Waals surface area contributed by atoms with E-state index in [0.29, 0.717) is 15.8 Å². The number of thiazole rings is 1. The van der Waals surface area contributed by atoms with Gasteiger partial charge in [-0.15, -0.1) is 23.1 Å². The fourth-order valence-corrected chi connectivity index (χ4v) is 11.3. The summed E-state index contributed by atoms with van der Waals surface area (Å²) in [7, 11) is 0. The first kappa shape index (κ1) is 71.8. The summed E-state index contributed by atoms with van der Waals surface area (Å²) in [5.74, 6) is -8.54. The highest BCUT2D eigenvalue weighted by Gasteiger charge is 2.54. The number of aromatic amines is 1. The van der Waals surface area contributed by atoms with E-state index in [1.807, 2.05) is 0 Å². The SMILES string of the molecule is Cc1c(N)nc([C@H](CC(N)=O)NC[C@H](N)C(N)=O)nc1C(=O)N[C@H](C(=O)N[C@H](C)[C@@H](O)[C@H](C)C(=O)N[C@H](C(=O)NCCC1=NC(c2nc(C(N)=O)cs2)CS1)[C@@H](C)O)[C@@H](O[C@@H]1O[C@@H](CO)[C@@H](O)[C@H](O)[C@@H]1O[C@H]1O[C@H](CO)[C@@H](O)[C@H](OC(N)=O)[C@@H]1O)c1cnc[nH]1. The first-order valence-corrected chi connectivity index (χ1v) is 29.5. The molecule has 90 heavy (non-hydrogen) atoms. The van der Waals surface area contributed by atoms with Gasteiger partial charge in [0.25, 0.3) is 11.8 Å². The fraction of sp³-hybridized carbons (Fsp3) is 0.620. The number of nitrogens with one attached hydrogen (secondary N) is 6. The van der Waals surface area contributed by atoms with Gasteiger partial charge in [0.1, 0.15) is 95.0 Å². The highest BCUT2D eigenvalue weighted by Crippen LogP contribution is 2.36. The minimum atomic E-state index is -2.20. The molecule has 0 radical (unpaired) electrons. The van der Waals surface area contributed by atoms with E-state index in [2.05, 4.69) is 56.5 Å². The average Bonchev–Trinajstić information content (AvgIpc) is 0.905. The summed E-state index contributed by atoms with van der Waals surface area (Å²) in [6.07, 6.45) is -25.0. The number of carbonyl (C=O) groups is 8. The van der Waals surface area contributed by atoms with Crippen LogP contribution in [0.4, 0.5) is 10.6 Å². The van der Waals surface area contributed by atoms with Crippen molar-refractivity contribution in [2.75, 3.05) is 37.8 Å². The van der Waals surface area contributed by atoms with Crippen LogP contribution in [0, 0.1) is 12.8 Å². The number of hydrogen-bond donors (Lipinski definition) is 20. The molecule has 0 aromatic carbocycles. The zero-order valence-electron chi connectivity index (χ0n) is 48.6. The number of aliphatic imine (C=N–C) groups is 1. The number of aliphatic hydroxyl groups is 8. The van der Waals surface area contributed by atoms with Crippen LogP contribution in [0.2, 0.25) is 0 Å². The van der Waals surface area contributed by atoms with Gasteiger partial charge in [-0.1, -0.05) is 6.92 Å². The van der Waals surface area contributed by atoms with Crippen molar-refractivity contribution in [2.45, 2.75) is 157 Å². The van der Waals surface area contributed by atoms with Crippen LogP contribution < -0.4 is 61.0 Å². The van der Waals surface area contributed by atoms with E-state index >= 15 is 4.79 Å². The van der Waals surface area contributed by atoms with E-state index in [-0.39, 0.29) is 54.1 Å². The number of H-pyrrole nitrogens is 1. The lowest BCUT2D eigenvalue weighted by Gasteiger charge is -2.47. The topological polar surface area (TPSA) is 641 Å². The number of aliphatic hydroxyl groups excluding tert-OH is 8. The molecular weight excluding hydrogens is 1240 g/mol. The molecule has 2 saturated heterocycles. The molecule has 0 aliphatic carbocycles. The average molecular weight is 1310 g/mol. The number of thioether (sulfide) groups is 1. The molecule has 3 aliphatic rings. The fourth-order valence-electron chi connectivity index (χ4n) is 9.37. The molecule has 8 amide bonds. The van der Waals surface area contributed by atoms with Gasteiger partial charge in [-0.25, -0.2) is 24.7 Å². The van der Waals surface area contributed by atoms with Crippen molar-refractivity contribution in [2.24, 2.45) is 39.6 Å². The number of rotatable bonds is 31. The first-order chi connectivity index (χ1) is 42.5. The van der Waals surface area contributed by atoms with Gasteiger partial charge in [0.05, 0.1) is 72.7 Å². The molecule has 0 spiro atoms. The Labute approximate surface area is 519 Å². The van der Waals surface area contributed by atoms with Crippen LogP contribution in [0.1, 0.15) is 94.9 Å². The molecule has 498 valence electrons. The summed E-state index contributed by atoms with van der Waals surface area (Å²) in [6, 6.07) is -8.17. The highest BCUT2D eigenvalue weighted by molar-refractivity contribution is 8.14. The molecule has 0 saturated carbocycles. The van der Waals surface area contributed by atoms with Crippen LogP contribution in [0.25, 0.3) is 0 Å². The molecule has 3 aromatic rings. The highest BCUT2D eigenvalue weighted by atomic mass is 32.2. The Morgan fingerprint density at radius 2 is 1.51 bits per heavy atom. The Morgan fingerprint density at radius 3 is 2.11 bits per heavy atom. The van der Waals surface area contributed by atoms with Gasteiger partial charge in [-0.3, -0.25) is 38.6 Å². The van der Waals surface area contributed by atoms with Crippen molar-refractivity contribution in [1.82, 2.24) is 51.5 Å². The number of hydrogen-bond acceptors (Lipinski definition) is 31. The van der Waals surface area contributed by atoms with Crippen LogP contribution in [-0.4, -0.2) is 248 Å². The molecule has 2 fully saturated rings. The second-order valence-electron chi connectivity index (χ2n) is 21.1. The summed E-state index contributed by atoms with van der Waals surface area (Å²) in [5, 5.41) is 103. The molecule has 38 nitrogen and oxygen atoms in total. The quantitative estimate of drug-likeness (QED) is 0.0284. The predicted molar refractivity (Wildman–Crippen MR) is 309 cm³/mol. The van der Waals surface area contributed by atoms with Gasteiger partial charge in [-0.05, 0) is 20.8 Å². The van der Waals surface area contributed by atoms with Crippen molar-refractivity contribution in [1.29, 1.82) is 0 Å². The zero-order chi connectivity index (χ0) is 66.6. The van der Waals surface area contributed by atoms with Gasteiger partial charge >= 0.3 is 6.09 Å². The lowest BCUT2D eigenvalue weighted by molar-refractivity contribution is -0.372. The molecule has 6 rings (SSSR count). The largest absolute Gasteiger partial charge is 0.441 e. The molecule has 6 heterocycles. The summed E-state index contributed by atoms with van der Waals surface area (Å²) < 4.78 is 28.7. The second-order valence-corrected chi connectivity index (χ2v) is 23.1. The van der Waals surface area contributed by atoms with E-state index in [0.717, 1.165) is 12.5 Å². The standard InChI is InChI=1S/C50H75N17O21S2/c1-15-28(64-42(67-39(15)53)20(7-26(52)71)59-8-19(51)40(54)77)45(81)66-30(36(21-9-57-14-60-21)86-49-38(34(75)32(73)24(10-68)85-49)87-48-35(76)37(88-50(56)83)33(74)25(11-69)84-48)46(82)61-17(3)31(72)16(2)43(79)65-29(18(4)70)44(80)58-6-5-27-62-23(13-89-27)47-63-22(12-90-47)41(55)78/h9,12,14,16-20,23-25,29-38,48-49,59,68-70,72-76H,5-8,10-11,13,51H2,1-4H3,(H2,52,71)(H2,54,77)(H2,55,78)(H2,56,83)(H,57,60)(H,58,80)(H,61,82)(H,65,79)(H,66,81)(H2,53,64,67)/t16-,17+,18+,19-,20-,23?,24-,25+,29-,30-,31-,32+,33+,34-,35-,36-,37-,38-,48+,49-/m0/s1. The third kappa shape index (κ3) is 18.0. The van der Waals surface area contributed by atoms with Gasteiger partial charge in [-0.2, -0.15) is 0 Å². The molecular formula is C50H75N17O21S2.